The molecule has 2 aliphatic rings. The maximum atomic E-state index is 12.3. The number of hydrogen-bond donors (Lipinski definition) is 2. The second-order valence-corrected chi connectivity index (χ2v) is 13.2. The number of likely N-dealkylation sites (tertiary alicyclic amines) is 1. The van der Waals surface area contributed by atoms with Gasteiger partial charge in [0, 0.05) is 30.9 Å². The Morgan fingerprint density at radius 3 is 2.70 bits per heavy atom. The van der Waals surface area contributed by atoms with Gasteiger partial charge in [-0.1, -0.05) is 24.3 Å². The Balaban J connectivity index is 1.49. The van der Waals surface area contributed by atoms with Crippen molar-refractivity contribution in [2.75, 3.05) is 25.4 Å². The number of carbonyl (C=O) groups excluding carboxylic acids is 1. The molecule has 0 spiro atoms. The molecule has 0 aromatic carbocycles. The first-order chi connectivity index (χ1) is 17.7. The Morgan fingerprint density at radius 1 is 1.24 bits per heavy atom. The molecular weight excluding hydrogens is 510 g/mol. The Bertz CT molecular complexity index is 1380. The van der Waals surface area contributed by atoms with E-state index in [1.165, 1.54) is 11.3 Å². The number of thiazole rings is 1. The first kappa shape index (κ1) is 26.1. The van der Waals surface area contributed by atoms with Crippen LogP contribution in [0.25, 0.3) is 10.3 Å². The average Bonchev–Trinajstić information content (AvgIpc) is 3.32. The maximum absolute atomic E-state index is 12.3. The van der Waals surface area contributed by atoms with Crippen molar-refractivity contribution < 1.29 is 18.3 Å². The molecule has 9 nitrogen and oxygen atoms in total. The second-order valence-electron chi connectivity index (χ2n) is 10.0. The molecule has 11 heteroatoms. The molecule has 3 aromatic rings. The second kappa shape index (κ2) is 10.7. The van der Waals surface area contributed by atoms with Crippen LogP contribution in [-0.4, -0.2) is 70.8 Å². The van der Waals surface area contributed by atoms with E-state index in [9.17, 15) is 18.3 Å². The summed E-state index contributed by atoms with van der Waals surface area (Å²) in [6, 6.07) is 5.58. The predicted molar refractivity (Wildman–Crippen MR) is 143 cm³/mol. The van der Waals surface area contributed by atoms with E-state index in [2.05, 4.69) is 14.9 Å². The zero-order valence-electron chi connectivity index (χ0n) is 21.0. The molecule has 37 heavy (non-hydrogen) atoms. The number of aliphatic hydroxyl groups excluding tert-OH is 1. The molecule has 4 heterocycles. The van der Waals surface area contributed by atoms with Crippen LogP contribution in [0.15, 0.2) is 29.4 Å². The smallest absolute Gasteiger partial charge is 0.277 e. The number of primary amides is 1. The van der Waals surface area contributed by atoms with Crippen molar-refractivity contribution in [3.8, 4) is 0 Å². The monoisotopic (exact) mass is 543 g/mol. The van der Waals surface area contributed by atoms with E-state index in [1.54, 1.807) is 19.2 Å². The fourth-order valence-electron chi connectivity index (χ4n) is 5.59. The number of fused-ring (bicyclic) bond motifs is 2. The van der Waals surface area contributed by atoms with Gasteiger partial charge in [-0.3, -0.25) is 4.79 Å². The molecule has 198 valence electrons. The number of aryl methyl sites for hydroxylation is 1. The molecule has 0 radical (unpaired) electrons. The summed E-state index contributed by atoms with van der Waals surface area (Å²) in [7, 11) is -3.38. The van der Waals surface area contributed by atoms with E-state index in [0.717, 1.165) is 75.0 Å². The van der Waals surface area contributed by atoms with E-state index in [0.29, 0.717) is 10.3 Å². The van der Waals surface area contributed by atoms with Crippen molar-refractivity contribution in [2.45, 2.75) is 68.4 Å². The van der Waals surface area contributed by atoms with Crippen molar-refractivity contribution in [2.24, 2.45) is 5.73 Å². The van der Waals surface area contributed by atoms with Crippen molar-refractivity contribution in [1.29, 1.82) is 0 Å². The van der Waals surface area contributed by atoms with Crippen LogP contribution in [0.4, 0.5) is 0 Å². The minimum atomic E-state index is -3.38. The van der Waals surface area contributed by atoms with Gasteiger partial charge in [0.1, 0.15) is 10.3 Å². The number of sulfone groups is 1. The van der Waals surface area contributed by atoms with Gasteiger partial charge in [-0.05, 0) is 74.2 Å². The van der Waals surface area contributed by atoms with Crippen molar-refractivity contribution >= 4 is 37.4 Å². The van der Waals surface area contributed by atoms with Crippen molar-refractivity contribution in [3.63, 3.8) is 0 Å². The molecule has 1 saturated heterocycles. The van der Waals surface area contributed by atoms with Crippen molar-refractivity contribution in [1.82, 2.24) is 19.9 Å². The molecule has 3 aromatic heterocycles. The molecule has 1 amide bonds. The van der Waals surface area contributed by atoms with E-state index in [1.807, 2.05) is 12.1 Å². The SMILES string of the molecule is CCS(=O)(=O)c1ccc([C@H](CCN2CCC(O)CC2)C2CCCc3cc4nc(C(N)=O)sc4nc32)cn1. The Kier molecular flexibility index (Phi) is 7.58. The van der Waals surface area contributed by atoms with Gasteiger partial charge in [0.15, 0.2) is 19.9 Å². The van der Waals surface area contributed by atoms with E-state index >= 15 is 0 Å². The number of nitrogens with zero attached hydrogens (tertiary/aromatic N) is 4. The topological polar surface area (TPSA) is 139 Å². The lowest BCUT2D eigenvalue weighted by Crippen LogP contribution is -2.37. The van der Waals surface area contributed by atoms with Crippen LogP contribution in [0, 0.1) is 0 Å². The molecule has 2 atom stereocenters. The highest BCUT2D eigenvalue weighted by atomic mass is 32.2. The summed E-state index contributed by atoms with van der Waals surface area (Å²) >= 11 is 1.22. The molecule has 0 bridgehead atoms. The number of aliphatic hydroxyl groups is 1. The first-order valence-electron chi connectivity index (χ1n) is 12.9. The summed E-state index contributed by atoms with van der Waals surface area (Å²) < 4.78 is 24.7. The zero-order chi connectivity index (χ0) is 26.2. The predicted octanol–water partition coefficient (Wildman–Crippen LogP) is 3.03. The first-order valence-corrected chi connectivity index (χ1v) is 15.4. The summed E-state index contributed by atoms with van der Waals surface area (Å²) in [4.78, 5) is 28.5. The quantitative estimate of drug-likeness (QED) is 0.442. The zero-order valence-corrected chi connectivity index (χ0v) is 22.6. The van der Waals surface area contributed by atoms with Gasteiger partial charge in [-0.15, -0.1) is 0 Å². The highest BCUT2D eigenvalue weighted by Crippen LogP contribution is 2.44. The summed E-state index contributed by atoms with van der Waals surface area (Å²) in [5, 5.41) is 10.3. The van der Waals surface area contributed by atoms with Gasteiger partial charge in [0.05, 0.1) is 11.9 Å². The third kappa shape index (κ3) is 5.55. The lowest BCUT2D eigenvalue weighted by Gasteiger charge is -2.35. The normalized spacial score (nSPS) is 20.1. The van der Waals surface area contributed by atoms with Crippen molar-refractivity contribution in [3.05, 3.63) is 46.2 Å². The van der Waals surface area contributed by atoms with E-state index in [4.69, 9.17) is 10.7 Å². The summed E-state index contributed by atoms with van der Waals surface area (Å²) in [5.41, 5.74) is 9.36. The minimum absolute atomic E-state index is 0.0155. The van der Waals surface area contributed by atoms with Gasteiger partial charge in [-0.2, -0.15) is 0 Å². The third-order valence-corrected chi connectivity index (χ3v) is 10.3. The van der Waals surface area contributed by atoms with Crippen LogP contribution in [-0.2, 0) is 16.3 Å². The fraction of sp³-hybridized carbons (Fsp3) is 0.538. The summed E-state index contributed by atoms with van der Waals surface area (Å²) in [6.07, 6.45) is 6.83. The fourth-order valence-corrected chi connectivity index (χ4v) is 7.16. The Morgan fingerprint density at radius 2 is 2.03 bits per heavy atom. The molecule has 3 N–H and O–H groups in total. The number of nitrogens with two attached hydrogens (primary N) is 1. The van der Waals surface area contributed by atoms with Gasteiger partial charge < -0.3 is 15.7 Å². The highest BCUT2D eigenvalue weighted by Gasteiger charge is 2.32. The Hall–Kier alpha value is -2.47. The van der Waals surface area contributed by atoms with Crippen LogP contribution >= 0.6 is 11.3 Å². The molecule has 5 rings (SSSR count). The van der Waals surface area contributed by atoms with Crippen LogP contribution in [0.2, 0.25) is 0 Å². The van der Waals surface area contributed by atoms with Crippen LogP contribution in [0.5, 0.6) is 0 Å². The molecule has 1 aliphatic carbocycles. The van der Waals surface area contributed by atoms with Gasteiger partial charge in [-0.25, -0.2) is 23.4 Å². The largest absolute Gasteiger partial charge is 0.393 e. The van der Waals surface area contributed by atoms with Gasteiger partial charge in [0.25, 0.3) is 5.91 Å². The molecular formula is C26H33N5O4S2. The molecule has 1 aliphatic heterocycles. The number of amides is 1. The number of rotatable bonds is 8. The molecule has 1 fully saturated rings. The number of aromatic nitrogens is 3. The minimum Gasteiger partial charge on any atom is -0.393 e. The van der Waals surface area contributed by atoms with E-state index in [-0.39, 0.29) is 33.7 Å². The maximum Gasteiger partial charge on any atom is 0.277 e. The standard InChI is InChI=1S/C26H33N5O4S2/c1-2-37(34,35)22-7-6-17(15-28-22)19(10-13-31-11-8-18(32)9-12-31)20-5-3-4-16-14-21-25(30-23(16)20)36-26(29-21)24(27)33/h6-7,14-15,18-20,32H,2-5,8-13H2,1H3,(H2,27,33)/t19-,20?/m0/s1. The number of piperidine rings is 1. The number of hydrogen-bond acceptors (Lipinski definition) is 9. The van der Waals surface area contributed by atoms with Crippen LogP contribution in [0.3, 0.4) is 0 Å². The highest BCUT2D eigenvalue weighted by molar-refractivity contribution is 7.91. The third-order valence-electron chi connectivity index (χ3n) is 7.70. The number of pyridine rings is 2. The van der Waals surface area contributed by atoms with Gasteiger partial charge in [0.2, 0.25) is 0 Å². The number of carbonyl (C=O) groups is 1. The summed E-state index contributed by atoms with van der Waals surface area (Å²) in [6.45, 7) is 4.25. The van der Waals surface area contributed by atoms with Gasteiger partial charge >= 0.3 is 0 Å². The van der Waals surface area contributed by atoms with Crippen LogP contribution < -0.4 is 5.73 Å². The average molecular weight is 544 g/mol. The molecule has 1 unspecified atom stereocenters. The van der Waals surface area contributed by atoms with Crippen LogP contribution in [0.1, 0.15) is 77.5 Å². The lowest BCUT2D eigenvalue weighted by molar-refractivity contribution is 0.0805. The Labute approximate surface area is 221 Å². The molecule has 0 saturated carbocycles. The summed E-state index contributed by atoms with van der Waals surface area (Å²) in [5.74, 6) is -0.291. The lowest BCUT2D eigenvalue weighted by atomic mass is 9.74. The van der Waals surface area contributed by atoms with E-state index < -0.39 is 15.7 Å².